The minimum Gasteiger partial charge on any atom is -0.309 e. The van der Waals surface area contributed by atoms with Crippen molar-refractivity contribution in [1.82, 2.24) is 4.57 Å². The van der Waals surface area contributed by atoms with Gasteiger partial charge in [0.1, 0.15) is 0 Å². The van der Waals surface area contributed by atoms with E-state index in [2.05, 4.69) is 76.0 Å². The fourth-order valence-electron chi connectivity index (χ4n) is 4.21. The lowest BCUT2D eigenvalue weighted by atomic mass is 10.1. The van der Waals surface area contributed by atoms with Gasteiger partial charge in [0.25, 0.3) is 5.69 Å². The molecule has 154 valence electrons. The second-order valence-electron chi connectivity index (χ2n) is 7.53. The Balaban J connectivity index is 1.66. The van der Waals surface area contributed by atoms with Gasteiger partial charge in [-0.3, -0.25) is 10.1 Å². The third-order valence-corrected chi connectivity index (χ3v) is 7.54. The minimum atomic E-state index is -0.362. The van der Waals surface area contributed by atoms with Gasteiger partial charge in [-0.25, -0.2) is 0 Å². The smallest absolute Gasteiger partial charge is 0.269 e. The molecule has 0 bridgehead atoms. The lowest BCUT2D eigenvalue weighted by Crippen LogP contribution is -1.95. The normalized spacial score (nSPS) is 11.4. The van der Waals surface area contributed by atoms with Crippen molar-refractivity contribution in [2.45, 2.75) is 0 Å². The summed E-state index contributed by atoms with van der Waals surface area (Å²) in [5, 5.41) is 17.7. The predicted molar refractivity (Wildman–Crippen MR) is 134 cm³/mol. The Morgan fingerprint density at radius 2 is 1.22 bits per heavy atom. The maximum Gasteiger partial charge on any atom is 0.269 e. The lowest BCUT2D eigenvalue weighted by molar-refractivity contribution is -0.384. The molecule has 6 rings (SSSR count). The van der Waals surface area contributed by atoms with Crippen LogP contribution in [0, 0.1) is 10.1 Å². The van der Waals surface area contributed by atoms with Gasteiger partial charge < -0.3 is 4.57 Å². The zero-order valence-corrected chi connectivity index (χ0v) is 18.4. The summed E-state index contributed by atoms with van der Waals surface area (Å²) in [5.41, 5.74) is 5.50. The van der Waals surface area contributed by atoms with Crippen molar-refractivity contribution in [1.29, 1.82) is 0 Å². The fraction of sp³-hybridized carbons (Fsp3) is 0. The van der Waals surface area contributed by atoms with Gasteiger partial charge in [0.05, 0.1) is 16.0 Å². The average Bonchev–Trinajstić information content (AvgIpc) is 3.59. The van der Waals surface area contributed by atoms with Crippen molar-refractivity contribution >= 4 is 50.2 Å². The number of nitrogens with zero attached hydrogens (tertiary/aromatic N) is 2. The molecule has 3 aromatic heterocycles. The topological polar surface area (TPSA) is 48.1 Å². The number of rotatable bonds is 4. The second-order valence-corrected chi connectivity index (χ2v) is 9.42. The van der Waals surface area contributed by atoms with Crippen LogP contribution < -0.4 is 0 Å². The van der Waals surface area contributed by atoms with E-state index < -0.39 is 0 Å². The average molecular weight is 453 g/mol. The van der Waals surface area contributed by atoms with Crippen molar-refractivity contribution in [3.8, 4) is 26.6 Å². The number of non-ortho nitro benzene ring substituents is 1. The maximum absolute atomic E-state index is 11.2. The van der Waals surface area contributed by atoms with Crippen LogP contribution in [0.15, 0.2) is 95.7 Å². The van der Waals surface area contributed by atoms with Crippen molar-refractivity contribution in [2.24, 2.45) is 0 Å². The number of fused-ring (bicyclic) bond motifs is 3. The van der Waals surface area contributed by atoms with Gasteiger partial charge in [0.2, 0.25) is 0 Å². The summed E-state index contributed by atoms with van der Waals surface area (Å²) < 4.78 is 2.21. The Morgan fingerprint density at radius 3 is 1.66 bits per heavy atom. The first-order chi connectivity index (χ1) is 15.7. The van der Waals surface area contributed by atoms with E-state index in [-0.39, 0.29) is 10.6 Å². The number of aromatic nitrogens is 1. The van der Waals surface area contributed by atoms with Crippen LogP contribution in [0.3, 0.4) is 0 Å². The summed E-state index contributed by atoms with van der Waals surface area (Å²) >= 11 is 3.43. The molecule has 0 saturated heterocycles. The van der Waals surface area contributed by atoms with Crippen molar-refractivity contribution in [3.05, 3.63) is 106 Å². The number of benzene rings is 3. The van der Waals surface area contributed by atoms with Crippen molar-refractivity contribution in [3.63, 3.8) is 0 Å². The van der Waals surface area contributed by atoms with Gasteiger partial charge in [0, 0.05) is 38.3 Å². The van der Waals surface area contributed by atoms with E-state index in [0.717, 1.165) is 38.6 Å². The molecule has 0 aliphatic rings. The molecule has 32 heavy (non-hydrogen) atoms. The SMILES string of the molecule is O=[N+]([O-])c1ccc(-n2c3cc(-c4cccs4)ccc3c3ccc(-c4cccs4)cc32)cc1. The first-order valence-electron chi connectivity index (χ1n) is 10.1. The molecule has 0 aliphatic carbocycles. The molecule has 6 aromatic rings. The monoisotopic (exact) mass is 452 g/mol. The molecule has 0 amide bonds. The van der Waals surface area contributed by atoms with E-state index in [0.29, 0.717) is 0 Å². The molecule has 0 spiro atoms. The minimum absolute atomic E-state index is 0.0908. The molecule has 0 saturated carbocycles. The number of hydrogen-bond donors (Lipinski definition) is 0. The highest BCUT2D eigenvalue weighted by Gasteiger charge is 2.16. The largest absolute Gasteiger partial charge is 0.309 e. The van der Waals surface area contributed by atoms with Crippen molar-refractivity contribution < 1.29 is 4.92 Å². The van der Waals surface area contributed by atoms with Crippen LogP contribution in [0.4, 0.5) is 5.69 Å². The van der Waals surface area contributed by atoms with E-state index in [4.69, 9.17) is 0 Å². The molecule has 3 aromatic carbocycles. The molecular weight excluding hydrogens is 436 g/mol. The van der Waals surface area contributed by atoms with Gasteiger partial charge in [0.15, 0.2) is 0 Å². The summed E-state index contributed by atoms with van der Waals surface area (Å²) in [6.45, 7) is 0. The summed E-state index contributed by atoms with van der Waals surface area (Å²) in [7, 11) is 0. The maximum atomic E-state index is 11.2. The second kappa shape index (κ2) is 7.44. The summed E-state index contributed by atoms with van der Waals surface area (Å²) in [6, 6.07) is 28.3. The van der Waals surface area contributed by atoms with Gasteiger partial charge in [-0.15, -0.1) is 22.7 Å². The third kappa shape index (κ3) is 3.04. The number of thiophene rings is 2. The first-order valence-corrected chi connectivity index (χ1v) is 11.9. The molecule has 0 aliphatic heterocycles. The molecule has 3 heterocycles. The van der Waals surface area contributed by atoms with Crippen LogP contribution in [0.5, 0.6) is 0 Å². The lowest BCUT2D eigenvalue weighted by Gasteiger charge is -2.09. The van der Waals surface area contributed by atoms with Gasteiger partial charge in [-0.1, -0.05) is 36.4 Å². The zero-order valence-electron chi connectivity index (χ0n) is 16.8. The van der Waals surface area contributed by atoms with E-state index in [1.54, 1.807) is 34.8 Å². The molecule has 0 atom stereocenters. The van der Waals surface area contributed by atoms with E-state index in [9.17, 15) is 10.1 Å². The zero-order chi connectivity index (χ0) is 21.7. The Morgan fingerprint density at radius 1 is 0.688 bits per heavy atom. The van der Waals surface area contributed by atoms with E-state index in [1.807, 2.05) is 12.1 Å². The highest BCUT2D eigenvalue weighted by Crippen LogP contribution is 2.38. The van der Waals surface area contributed by atoms with Crippen LogP contribution in [0.1, 0.15) is 0 Å². The van der Waals surface area contributed by atoms with Crippen molar-refractivity contribution in [2.75, 3.05) is 0 Å². The van der Waals surface area contributed by atoms with E-state index in [1.165, 1.54) is 9.75 Å². The van der Waals surface area contributed by atoms with Crippen LogP contribution in [-0.4, -0.2) is 9.49 Å². The summed E-state index contributed by atoms with van der Waals surface area (Å²) in [6.07, 6.45) is 0. The first kappa shape index (κ1) is 19.0. The molecule has 6 heteroatoms. The third-order valence-electron chi connectivity index (χ3n) is 5.70. The van der Waals surface area contributed by atoms with Crippen LogP contribution in [0.25, 0.3) is 48.4 Å². The van der Waals surface area contributed by atoms with Gasteiger partial charge in [-0.05, 0) is 58.3 Å². The Kier molecular flexibility index (Phi) is 4.41. The highest BCUT2D eigenvalue weighted by atomic mass is 32.1. The predicted octanol–water partition coefficient (Wildman–Crippen LogP) is 8.15. The number of nitro benzene ring substituents is 1. The van der Waals surface area contributed by atoms with Crippen LogP contribution >= 0.6 is 22.7 Å². The van der Waals surface area contributed by atoms with Gasteiger partial charge >= 0.3 is 0 Å². The molecule has 0 unspecified atom stereocenters. The standard InChI is InChI=1S/C26H16N2O2S2/c29-28(30)20-9-7-19(8-10-20)27-23-15-17(25-3-1-13-31-25)5-11-21(23)22-12-6-18(16-24(22)27)26-4-2-14-32-26/h1-16H. The highest BCUT2D eigenvalue weighted by molar-refractivity contribution is 7.13. The molecule has 0 fully saturated rings. The fourth-order valence-corrected chi connectivity index (χ4v) is 5.66. The Hall–Kier alpha value is -3.74. The molecule has 4 nitrogen and oxygen atoms in total. The van der Waals surface area contributed by atoms with Gasteiger partial charge in [-0.2, -0.15) is 0 Å². The molecular formula is C26H16N2O2S2. The quantitative estimate of drug-likeness (QED) is 0.200. The molecule has 0 radical (unpaired) electrons. The van der Waals surface area contributed by atoms with E-state index >= 15 is 0 Å². The van der Waals surface area contributed by atoms with Crippen LogP contribution in [0.2, 0.25) is 0 Å². The number of hydrogen-bond acceptors (Lipinski definition) is 4. The summed E-state index contributed by atoms with van der Waals surface area (Å²) in [4.78, 5) is 13.2. The Labute approximate surface area is 191 Å². The molecule has 0 N–H and O–H groups in total. The summed E-state index contributed by atoms with van der Waals surface area (Å²) in [5.74, 6) is 0. The van der Waals surface area contributed by atoms with Crippen LogP contribution in [-0.2, 0) is 0 Å². The number of nitro groups is 1. The Bertz CT molecular complexity index is 1490.